The number of benzene rings is 1. The van der Waals surface area contributed by atoms with Crippen LogP contribution in [0.5, 0.6) is 0 Å². The Morgan fingerprint density at radius 3 is 2.45 bits per heavy atom. The van der Waals surface area contributed by atoms with Gasteiger partial charge in [-0.2, -0.15) is 0 Å². The minimum atomic E-state index is -0.800. The maximum Gasteiger partial charge on any atom is 0.309 e. The van der Waals surface area contributed by atoms with Gasteiger partial charge in [0.05, 0.1) is 0 Å². The van der Waals surface area contributed by atoms with Crippen LogP contribution in [-0.4, -0.2) is 23.5 Å². The lowest BCUT2D eigenvalue weighted by atomic mass is 10.2. The van der Waals surface area contributed by atoms with Crippen molar-refractivity contribution in [2.45, 2.75) is 19.6 Å². The van der Waals surface area contributed by atoms with Crippen LogP contribution in [0.1, 0.15) is 22.1 Å². The van der Waals surface area contributed by atoms with Crippen molar-refractivity contribution in [3.63, 3.8) is 0 Å². The first-order chi connectivity index (χ1) is 10.6. The molecule has 5 nitrogen and oxygen atoms in total. The molecule has 1 heterocycles. The zero-order valence-electron chi connectivity index (χ0n) is 12.2. The Hall–Kier alpha value is -2.18. The Kier molecular flexibility index (Phi) is 5.68. The molecule has 0 saturated heterocycles. The molecular weight excluding hydrogens is 300 g/mol. The van der Waals surface area contributed by atoms with Crippen molar-refractivity contribution < 1.29 is 14.7 Å². The van der Waals surface area contributed by atoms with E-state index in [1.807, 2.05) is 48.7 Å². The standard InChI is InChI=1S/C16H18N2O3S/c1-11-7-8-22-14(11)13(19)10-18-16(21)15(20)17-9-12-5-3-2-4-6-12/h2-8,13,19H,9-10H2,1H3,(H,17,20)(H,18,21). The van der Waals surface area contributed by atoms with Crippen molar-refractivity contribution in [1.82, 2.24) is 10.6 Å². The normalized spacial score (nSPS) is 11.7. The fourth-order valence-electron chi connectivity index (χ4n) is 1.95. The van der Waals surface area contributed by atoms with Crippen LogP contribution >= 0.6 is 11.3 Å². The number of carbonyl (C=O) groups excluding carboxylic acids is 2. The van der Waals surface area contributed by atoms with Crippen LogP contribution < -0.4 is 10.6 Å². The van der Waals surface area contributed by atoms with Crippen LogP contribution in [0.15, 0.2) is 41.8 Å². The number of thiophene rings is 1. The molecule has 0 bridgehead atoms. The van der Waals surface area contributed by atoms with Crippen molar-refractivity contribution in [2.75, 3.05) is 6.54 Å². The topological polar surface area (TPSA) is 78.4 Å². The minimum Gasteiger partial charge on any atom is -0.386 e. The molecule has 2 rings (SSSR count). The molecule has 0 aliphatic rings. The van der Waals surface area contributed by atoms with E-state index < -0.39 is 17.9 Å². The van der Waals surface area contributed by atoms with E-state index in [1.54, 1.807) is 0 Å². The van der Waals surface area contributed by atoms with E-state index in [0.717, 1.165) is 16.0 Å². The molecule has 0 spiro atoms. The summed E-state index contributed by atoms with van der Waals surface area (Å²) in [6.45, 7) is 2.20. The smallest absolute Gasteiger partial charge is 0.309 e. The van der Waals surface area contributed by atoms with Gasteiger partial charge in [0, 0.05) is 18.0 Å². The van der Waals surface area contributed by atoms with Gasteiger partial charge in [-0.15, -0.1) is 11.3 Å². The molecule has 1 atom stereocenters. The molecule has 2 aromatic rings. The predicted molar refractivity (Wildman–Crippen MR) is 85.3 cm³/mol. The molecule has 0 fully saturated rings. The lowest BCUT2D eigenvalue weighted by Gasteiger charge is -2.11. The van der Waals surface area contributed by atoms with Crippen LogP contribution in [0.3, 0.4) is 0 Å². The predicted octanol–water partition coefficient (Wildman–Crippen LogP) is 1.52. The lowest BCUT2D eigenvalue weighted by Crippen LogP contribution is -2.41. The van der Waals surface area contributed by atoms with Crippen molar-refractivity contribution in [3.8, 4) is 0 Å². The van der Waals surface area contributed by atoms with Gasteiger partial charge in [0.15, 0.2) is 0 Å². The van der Waals surface area contributed by atoms with Gasteiger partial charge in [-0.25, -0.2) is 0 Å². The monoisotopic (exact) mass is 318 g/mol. The number of amides is 2. The van der Waals surface area contributed by atoms with Crippen LogP contribution in [0.2, 0.25) is 0 Å². The highest BCUT2D eigenvalue weighted by Gasteiger charge is 2.17. The third kappa shape index (κ3) is 4.41. The Balaban J connectivity index is 1.77. The summed E-state index contributed by atoms with van der Waals surface area (Å²) in [5.41, 5.74) is 1.89. The zero-order valence-corrected chi connectivity index (χ0v) is 13.0. The van der Waals surface area contributed by atoms with Crippen LogP contribution in [0.4, 0.5) is 0 Å². The number of hydrogen-bond acceptors (Lipinski definition) is 4. The lowest BCUT2D eigenvalue weighted by molar-refractivity contribution is -0.139. The SMILES string of the molecule is Cc1ccsc1C(O)CNC(=O)C(=O)NCc1ccccc1. The summed E-state index contributed by atoms with van der Waals surface area (Å²) < 4.78 is 0. The molecule has 0 radical (unpaired) electrons. The summed E-state index contributed by atoms with van der Waals surface area (Å²) in [4.78, 5) is 24.2. The molecule has 0 aliphatic carbocycles. The molecule has 1 aromatic heterocycles. The summed E-state index contributed by atoms with van der Waals surface area (Å²) in [6.07, 6.45) is -0.800. The average Bonchev–Trinajstić information content (AvgIpc) is 2.97. The van der Waals surface area contributed by atoms with Gasteiger partial charge in [0.2, 0.25) is 0 Å². The molecule has 6 heteroatoms. The van der Waals surface area contributed by atoms with Crippen molar-refractivity contribution in [2.24, 2.45) is 0 Å². The third-order valence-corrected chi connectivity index (χ3v) is 4.28. The second kappa shape index (κ2) is 7.72. The quantitative estimate of drug-likeness (QED) is 0.732. The molecule has 3 N–H and O–H groups in total. The van der Waals surface area contributed by atoms with Gasteiger partial charge in [0.25, 0.3) is 0 Å². The molecule has 0 saturated carbocycles. The Morgan fingerprint density at radius 2 is 1.82 bits per heavy atom. The van der Waals surface area contributed by atoms with E-state index >= 15 is 0 Å². The van der Waals surface area contributed by atoms with E-state index in [0.29, 0.717) is 6.54 Å². The molecule has 0 aliphatic heterocycles. The largest absolute Gasteiger partial charge is 0.386 e. The van der Waals surface area contributed by atoms with Crippen molar-refractivity contribution in [3.05, 3.63) is 57.8 Å². The van der Waals surface area contributed by atoms with Gasteiger partial charge >= 0.3 is 11.8 Å². The number of carbonyl (C=O) groups is 2. The van der Waals surface area contributed by atoms with Gasteiger partial charge in [-0.05, 0) is 29.5 Å². The van der Waals surface area contributed by atoms with Gasteiger partial charge in [-0.3, -0.25) is 9.59 Å². The van der Waals surface area contributed by atoms with Gasteiger partial charge in [-0.1, -0.05) is 30.3 Å². The Morgan fingerprint density at radius 1 is 1.14 bits per heavy atom. The van der Waals surface area contributed by atoms with Crippen LogP contribution in [-0.2, 0) is 16.1 Å². The second-order valence-corrected chi connectivity index (χ2v) is 5.81. The zero-order chi connectivity index (χ0) is 15.9. The number of rotatable bonds is 5. The molecule has 2 amide bonds. The fourth-order valence-corrected chi connectivity index (χ4v) is 2.86. The summed E-state index contributed by atoms with van der Waals surface area (Å²) in [5.74, 6) is -1.46. The molecule has 1 aromatic carbocycles. The van der Waals surface area contributed by atoms with E-state index in [4.69, 9.17) is 0 Å². The maximum absolute atomic E-state index is 11.7. The van der Waals surface area contributed by atoms with E-state index in [-0.39, 0.29) is 6.54 Å². The average molecular weight is 318 g/mol. The Labute approximate surface area is 133 Å². The highest BCUT2D eigenvalue weighted by Crippen LogP contribution is 2.22. The van der Waals surface area contributed by atoms with Crippen LogP contribution in [0.25, 0.3) is 0 Å². The molecule has 116 valence electrons. The molecule has 22 heavy (non-hydrogen) atoms. The van der Waals surface area contributed by atoms with Gasteiger partial charge in [0.1, 0.15) is 6.10 Å². The summed E-state index contributed by atoms with van der Waals surface area (Å²) in [5, 5.41) is 16.8. The van der Waals surface area contributed by atoms with E-state index in [2.05, 4.69) is 10.6 Å². The van der Waals surface area contributed by atoms with Gasteiger partial charge < -0.3 is 15.7 Å². The number of hydrogen-bond donors (Lipinski definition) is 3. The van der Waals surface area contributed by atoms with Crippen molar-refractivity contribution in [1.29, 1.82) is 0 Å². The third-order valence-electron chi connectivity index (χ3n) is 3.16. The summed E-state index contributed by atoms with van der Waals surface area (Å²) in [7, 11) is 0. The first-order valence-corrected chi connectivity index (χ1v) is 7.78. The highest BCUT2D eigenvalue weighted by atomic mass is 32.1. The Bertz CT molecular complexity index is 640. The van der Waals surface area contributed by atoms with E-state index in [1.165, 1.54) is 11.3 Å². The number of aryl methyl sites for hydroxylation is 1. The number of aliphatic hydroxyl groups is 1. The first kappa shape index (κ1) is 16.2. The highest BCUT2D eigenvalue weighted by molar-refractivity contribution is 7.10. The summed E-state index contributed by atoms with van der Waals surface area (Å²) in [6, 6.07) is 11.2. The van der Waals surface area contributed by atoms with Crippen LogP contribution in [0, 0.1) is 6.92 Å². The molecule has 1 unspecified atom stereocenters. The van der Waals surface area contributed by atoms with Crippen molar-refractivity contribution >= 4 is 23.2 Å². The maximum atomic E-state index is 11.7. The minimum absolute atomic E-state index is 0.0128. The van der Waals surface area contributed by atoms with E-state index in [9.17, 15) is 14.7 Å². The molecular formula is C16H18N2O3S. The summed E-state index contributed by atoms with van der Waals surface area (Å²) >= 11 is 1.42. The number of aliphatic hydroxyl groups excluding tert-OH is 1. The second-order valence-electron chi connectivity index (χ2n) is 4.86. The first-order valence-electron chi connectivity index (χ1n) is 6.90. The fraction of sp³-hybridized carbons (Fsp3) is 0.250. The number of nitrogens with one attached hydrogen (secondary N) is 2.